The number of hydrogen-bond donors (Lipinski definition) is 3. The van der Waals surface area contributed by atoms with Gasteiger partial charge in [0, 0.05) is 12.8 Å². The Bertz CT molecular complexity index is 1470. The second kappa shape index (κ2) is 77.3. The molecule has 0 aromatic carbocycles. The van der Waals surface area contributed by atoms with Crippen molar-refractivity contribution >= 4 is 11.9 Å². The van der Waals surface area contributed by atoms with Crippen molar-refractivity contribution in [2.45, 2.75) is 450 Å². The maximum Gasteiger partial charge on any atom is 0.305 e. The van der Waals surface area contributed by atoms with Crippen LogP contribution < -0.4 is 5.32 Å². The van der Waals surface area contributed by atoms with E-state index in [4.69, 9.17) is 4.74 Å². The van der Waals surface area contributed by atoms with Gasteiger partial charge >= 0.3 is 5.97 Å². The van der Waals surface area contributed by atoms with Crippen LogP contribution in [0.3, 0.4) is 0 Å². The monoisotopic (exact) mass is 1230 g/mol. The molecule has 0 radical (unpaired) electrons. The lowest BCUT2D eigenvalue weighted by molar-refractivity contribution is -0.143. The molecule has 2 atom stereocenters. The quantitative estimate of drug-likeness (QED) is 0.0320. The van der Waals surface area contributed by atoms with Crippen LogP contribution in [-0.2, 0) is 14.3 Å². The molecule has 0 fully saturated rings. The summed E-state index contributed by atoms with van der Waals surface area (Å²) < 4.78 is 5.49. The van der Waals surface area contributed by atoms with Gasteiger partial charge in [-0.25, -0.2) is 0 Å². The second-order valence-corrected chi connectivity index (χ2v) is 27.4. The maximum atomic E-state index is 12.6. The lowest BCUT2D eigenvalue weighted by Gasteiger charge is -2.20. The maximum absolute atomic E-state index is 12.6. The number of carbonyl (C=O) groups is 2. The number of rotatable bonds is 75. The molecule has 3 N–H and O–H groups in total. The summed E-state index contributed by atoms with van der Waals surface area (Å²) in [6.07, 6.45) is 102. The van der Waals surface area contributed by atoms with Crippen molar-refractivity contribution in [3.8, 4) is 0 Å². The van der Waals surface area contributed by atoms with E-state index in [1.165, 1.54) is 360 Å². The van der Waals surface area contributed by atoms with Crippen LogP contribution in [0, 0.1) is 0 Å². The smallest absolute Gasteiger partial charge is 0.305 e. The van der Waals surface area contributed by atoms with E-state index in [0.717, 1.165) is 51.4 Å². The first-order valence-electron chi connectivity index (χ1n) is 39.9. The van der Waals surface area contributed by atoms with Gasteiger partial charge in [-0.1, -0.05) is 390 Å². The highest BCUT2D eigenvalue weighted by atomic mass is 16.5. The molecule has 0 aliphatic heterocycles. The third-order valence-electron chi connectivity index (χ3n) is 18.6. The Morgan fingerprint density at radius 1 is 0.318 bits per heavy atom. The van der Waals surface area contributed by atoms with Gasteiger partial charge in [-0.15, -0.1) is 0 Å². The van der Waals surface area contributed by atoms with Crippen molar-refractivity contribution in [2.75, 3.05) is 13.2 Å². The van der Waals surface area contributed by atoms with E-state index in [1.54, 1.807) is 6.08 Å². The summed E-state index contributed by atoms with van der Waals surface area (Å²) in [4.78, 5) is 24.6. The summed E-state index contributed by atoms with van der Waals surface area (Å²) in [7, 11) is 0. The van der Waals surface area contributed by atoms with E-state index in [-0.39, 0.29) is 18.5 Å². The molecule has 0 aromatic heterocycles. The minimum Gasteiger partial charge on any atom is -0.466 e. The predicted molar refractivity (Wildman–Crippen MR) is 389 cm³/mol. The number of esters is 1. The van der Waals surface area contributed by atoms with Gasteiger partial charge in [0.25, 0.3) is 0 Å². The van der Waals surface area contributed by atoms with Crippen LogP contribution in [0.5, 0.6) is 0 Å². The largest absolute Gasteiger partial charge is 0.466 e. The summed E-state index contributed by atoms with van der Waals surface area (Å²) in [6.45, 7) is 4.90. The number of hydrogen-bond acceptors (Lipinski definition) is 5. The van der Waals surface area contributed by atoms with E-state index in [0.29, 0.717) is 19.4 Å². The number of aliphatic hydroxyl groups is 2. The summed E-state index contributed by atoms with van der Waals surface area (Å²) in [6, 6.07) is -0.628. The van der Waals surface area contributed by atoms with Gasteiger partial charge in [-0.3, -0.25) is 9.59 Å². The average molecular weight is 1240 g/mol. The van der Waals surface area contributed by atoms with Crippen LogP contribution in [0.25, 0.3) is 0 Å². The first-order valence-corrected chi connectivity index (χ1v) is 39.9. The molecule has 0 saturated heterocycles. The normalized spacial score (nSPS) is 12.7. The summed E-state index contributed by atoms with van der Waals surface area (Å²) >= 11 is 0. The van der Waals surface area contributed by atoms with E-state index < -0.39 is 12.1 Å². The molecule has 0 heterocycles. The lowest BCUT2D eigenvalue weighted by Crippen LogP contribution is -2.45. The molecule has 518 valence electrons. The Morgan fingerprint density at radius 3 is 0.909 bits per heavy atom. The van der Waals surface area contributed by atoms with E-state index >= 15 is 0 Å². The average Bonchev–Trinajstić information content (AvgIpc) is 3.58. The Hall–Kier alpha value is -2.18. The van der Waals surface area contributed by atoms with Crippen LogP contribution in [0.2, 0.25) is 0 Å². The lowest BCUT2D eigenvalue weighted by atomic mass is 10.0. The number of allylic oxidation sites excluding steroid dienone is 7. The topological polar surface area (TPSA) is 95.9 Å². The molecule has 6 heteroatoms. The highest BCUT2D eigenvalue weighted by Gasteiger charge is 2.18. The molecule has 6 nitrogen and oxygen atoms in total. The number of unbranched alkanes of at least 4 members (excludes halogenated alkanes) is 58. The first kappa shape index (κ1) is 85.8. The standard InChI is InChI=1S/C82H155NO5/c1-3-5-7-9-11-13-15-17-19-20-21-22-23-32-35-38-41-44-47-50-54-58-62-66-70-74-80(85)79(78-84)83-81(86)75-71-67-63-59-55-51-48-45-42-39-36-33-30-28-26-24-25-27-29-31-34-37-40-43-46-49-53-57-61-65-69-73-77-88-82(87)76-72-68-64-60-56-52-18-16-14-12-10-8-6-4-2/h10,12,16,18,27,29,70,74,79-80,84-85H,3-9,11,13-15,17,19-26,28,30-69,71-73,75-78H2,1-2H3,(H,83,86)/b12-10-,18-16-,29-27-,74-70+. The molecule has 0 aromatic rings. The van der Waals surface area contributed by atoms with Crippen LogP contribution in [0.4, 0.5) is 0 Å². The zero-order chi connectivity index (χ0) is 63.5. The van der Waals surface area contributed by atoms with Gasteiger partial charge in [-0.05, 0) is 83.5 Å². The molecular weight excluding hydrogens is 1080 g/mol. The minimum atomic E-state index is -0.845. The van der Waals surface area contributed by atoms with Crippen LogP contribution in [-0.4, -0.2) is 47.4 Å². The Balaban J connectivity index is 3.39. The molecule has 0 aliphatic rings. The van der Waals surface area contributed by atoms with Crippen LogP contribution in [0.1, 0.15) is 438 Å². The molecule has 0 rings (SSSR count). The third-order valence-corrected chi connectivity index (χ3v) is 18.6. The van der Waals surface area contributed by atoms with Gasteiger partial charge in [0.15, 0.2) is 0 Å². The zero-order valence-electron chi connectivity index (χ0n) is 59.5. The highest BCUT2D eigenvalue weighted by molar-refractivity contribution is 5.76. The summed E-state index contributed by atoms with van der Waals surface area (Å²) in [5.74, 6) is -0.0570. The minimum absolute atomic E-state index is 0.00368. The fraction of sp³-hybridized carbons (Fsp3) is 0.878. The molecule has 0 aliphatic carbocycles. The van der Waals surface area contributed by atoms with Crippen molar-refractivity contribution in [1.29, 1.82) is 0 Å². The van der Waals surface area contributed by atoms with Crippen molar-refractivity contribution < 1.29 is 24.5 Å². The van der Waals surface area contributed by atoms with E-state index in [9.17, 15) is 19.8 Å². The zero-order valence-corrected chi connectivity index (χ0v) is 59.5. The SMILES string of the molecule is CCCC/C=C\C/C=C\CCCCCCCC(=O)OCCCCCCCCCCCCCC/C=C\CCCCCCCCCCCCCCCCCCC(=O)NC(CO)C(O)/C=C/CCCCCCCCCCCCCCCCCCCCCCCCC. The number of carbonyl (C=O) groups excluding carboxylic acids is 2. The molecule has 1 amide bonds. The first-order chi connectivity index (χ1) is 43.5. The second-order valence-electron chi connectivity index (χ2n) is 27.4. The summed E-state index contributed by atoms with van der Waals surface area (Å²) in [5.41, 5.74) is 0. The van der Waals surface area contributed by atoms with Crippen molar-refractivity contribution in [1.82, 2.24) is 5.32 Å². The molecule has 88 heavy (non-hydrogen) atoms. The van der Waals surface area contributed by atoms with Gasteiger partial charge < -0.3 is 20.3 Å². The van der Waals surface area contributed by atoms with Crippen molar-refractivity contribution in [2.24, 2.45) is 0 Å². The van der Waals surface area contributed by atoms with E-state index in [1.807, 2.05) is 6.08 Å². The van der Waals surface area contributed by atoms with Crippen LogP contribution in [0.15, 0.2) is 48.6 Å². The molecule has 2 unspecified atom stereocenters. The van der Waals surface area contributed by atoms with Gasteiger partial charge in [0.1, 0.15) is 0 Å². The molecule has 0 spiro atoms. The number of nitrogens with one attached hydrogen (secondary N) is 1. The number of aliphatic hydroxyl groups excluding tert-OH is 2. The Kier molecular flexibility index (Phi) is 75.4. The van der Waals surface area contributed by atoms with Gasteiger partial charge in [-0.2, -0.15) is 0 Å². The van der Waals surface area contributed by atoms with Crippen molar-refractivity contribution in [3.05, 3.63) is 48.6 Å². The van der Waals surface area contributed by atoms with Crippen LogP contribution >= 0.6 is 0 Å². The highest BCUT2D eigenvalue weighted by Crippen LogP contribution is 2.19. The number of amides is 1. The number of ether oxygens (including phenoxy) is 1. The molecule has 0 bridgehead atoms. The fourth-order valence-electron chi connectivity index (χ4n) is 12.5. The molecule has 0 saturated carbocycles. The van der Waals surface area contributed by atoms with Gasteiger partial charge in [0.2, 0.25) is 5.91 Å². The summed E-state index contributed by atoms with van der Waals surface area (Å²) in [5, 5.41) is 23.3. The predicted octanol–water partition coefficient (Wildman–Crippen LogP) is 26.4. The third kappa shape index (κ3) is 72.9. The Labute approximate surface area is 550 Å². The van der Waals surface area contributed by atoms with E-state index in [2.05, 4.69) is 55.6 Å². The fourth-order valence-corrected chi connectivity index (χ4v) is 12.5. The van der Waals surface area contributed by atoms with Crippen molar-refractivity contribution in [3.63, 3.8) is 0 Å². The van der Waals surface area contributed by atoms with Gasteiger partial charge in [0.05, 0.1) is 25.4 Å². The molecular formula is C82H155NO5. The Morgan fingerprint density at radius 2 is 0.580 bits per heavy atom.